The quantitative estimate of drug-likeness (QED) is 0.143. The molecule has 6 rings (SSSR count). The number of aliphatic carboxylic acids is 1. The van der Waals surface area contributed by atoms with Crippen molar-refractivity contribution in [3.63, 3.8) is 0 Å². The van der Waals surface area contributed by atoms with Crippen LogP contribution in [0.1, 0.15) is 111 Å². The van der Waals surface area contributed by atoms with Gasteiger partial charge in [0, 0.05) is 44.5 Å². The van der Waals surface area contributed by atoms with E-state index in [4.69, 9.17) is 17.2 Å². The van der Waals surface area contributed by atoms with Crippen LogP contribution in [-0.2, 0) is 20.4 Å². The molecule has 0 bridgehead atoms. The maximum atomic E-state index is 12.9. The summed E-state index contributed by atoms with van der Waals surface area (Å²) >= 11 is 0. The highest BCUT2D eigenvalue weighted by Gasteiger charge is 2.47. The van der Waals surface area contributed by atoms with Gasteiger partial charge in [0.1, 0.15) is 11.4 Å². The van der Waals surface area contributed by atoms with E-state index < -0.39 is 16.8 Å². The van der Waals surface area contributed by atoms with E-state index in [0.29, 0.717) is 65.5 Å². The van der Waals surface area contributed by atoms with E-state index in [0.717, 1.165) is 50.6 Å². The number of carbonyl (C=O) groups excluding carboxylic acids is 3. The van der Waals surface area contributed by atoms with Crippen LogP contribution in [-0.4, -0.2) is 98.8 Å². The minimum atomic E-state index is -0.870. The summed E-state index contributed by atoms with van der Waals surface area (Å²) in [6.07, 6.45) is 6.39. The van der Waals surface area contributed by atoms with Gasteiger partial charge in [-0.05, 0) is 87.4 Å². The molecule has 2 heterocycles. The minimum Gasteiger partial charge on any atom is -0.481 e. The fourth-order valence-corrected chi connectivity index (χ4v) is 7.11. The third-order valence-corrected chi connectivity index (χ3v) is 10.3. The molecule has 296 valence electrons. The van der Waals surface area contributed by atoms with Crippen molar-refractivity contribution < 1.29 is 24.3 Å². The number of nitrogens with one attached hydrogen (secondary N) is 1. The van der Waals surface area contributed by atoms with Crippen LogP contribution in [0.25, 0.3) is 21.8 Å². The average Bonchev–Trinajstić information content (AvgIpc) is 3.10. The zero-order chi connectivity index (χ0) is 40.5. The van der Waals surface area contributed by atoms with Crippen LogP contribution < -0.4 is 22.5 Å². The first-order valence-corrected chi connectivity index (χ1v) is 19.1. The second-order valence-corrected chi connectivity index (χ2v) is 14.2. The van der Waals surface area contributed by atoms with Crippen LogP contribution in [0.4, 0.5) is 11.9 Å². The van der Waals surface area contributed by atoms with E-state index in [-0.39, 0.29) is 35.3 Å². The number of nitrogens with zero attached hydrogens (tertiary/aromatic N) is 6. The van der Waals surface area contributed by atoms with Crippen molar-refractivity contribution in [2.75, 3.05) is 51.7 Å². The Morgan fingerprint density at radius 1 is 0.709 bits per heavy atom. The van der Waals surface area contributed by atoms with Gasteiger partial charge in [0.2, 0.25) is 17.8 Å². The first-order chi connectivity index (χ1) is 26.2. The number of nitrogens with two attached hydrogens (primary N) is 3. The molecule has 8 N–H and O–H groups in total. The van der Waals surface area contributed by atoms with Crippen molar-refractivity contribution in [3.8, 4) is 0 Å². The maximum Gasteiger partial charge on any atom is 0.314 e. The first kappa shape index (κ1) is 42.3. The molecule has 2 aromatic heterocycles. The summed E-state index contributed by atoms with van der Waals surface area (Å²) in [4.78, 5) is 70.2. The Kier molecular flexibility index (Phi) is 14.0. The largest absolute Gasteiger partial charge is 0.481 e. The van der Waals surface area contributed by atoms with Crippen LogP contribution in [0, 0.1) is 0 Å². The van der Waals surface area contributed by atoms with Crippen LogP contribution in [0.3, 0.4) is 0 Å². The molecule has 15 nitrogen and oxygen atoms in total. The Balaban J connectivity index is 0.000000229. The van der Waals surface area contributed by atoms with Crippen LogP contribution in [0.5, 0.6) is 0 Å². The number of fused-ring (bicyclic) bond motifs is 2. The third-order valence-electron chi connectivity index (χ3n) is 10.3. The zero-order valence-corrected chi connectivity index (χ0v) is 32.9. The highest BCUT2D eigenvalue weighted by molar-refractivity contribution is 6.06. The van der Waals surface area contributed by atoms with Gasteiger partial charge >= 0.3 is 5.97 Å². The normalized spacial score (nSPS) is 14.9. The maximum absolute atomic E-state index is 12.9. The number of hydrogen-bond donors (Lipinski definition) is 5. The highest BCUT2D eigenvalue weighted by atomic mass is 16.4. The fourth-order valence-electron chi connectivity index (χ4n) is 7.11. The molecule has 0 saturated heterocycles. The zero-order valence-electron chi connectivity index (χ0n) is 32.9. The van der Waals surface area contributed by atoms with Crippen molar-refractivity contribution in [1.82, 2.24) is 35.1 Å². The molecule has 0 aliphatic heterocycles. The third kappa shape index (κ3) is 8.77. The number of hydrogen-bond acceptors (Lipinski definition) is 11. The predicted molar refractivity (Wildman–Crippen MR) is 215 cm³/mol. The van der Waals surface area contributed by atoms with Gasteiger partial charge in [-0.3, -0.25) is 19.2 Å². The summed E-state index contributed by atoms with van der Waals surface area (Å²) < 4.78 is 0. The number of rotatable bonds is 11. The van der Waals surface area contributed by atoms with Crippen LogP contribution >= 0.6 is 0 Å². The van der Waals surface area contributed by atoms with E-state index in [1.807, 2.05) is 45.9 Å². The lowest BCUT2D eigenvalue weighted by molar-refractivity contribution is -0.147. The number of aromatic nitrogens is 4. The lowest BCUT2D eigenvalue weighted by atomic mass is 9.63. The number of benzene rings is 2. The van der Waals surface area contributed by atoms with E-state index in [1.165, 1.54) is 0 Å². The van der Waals surface area contributed by atoms with Crippen molar-refractivity contribution >= 4 is 57.4 Å². The van der Waals surface area contributed by atoms with E-state index >= 15 is 0 Å². The Morgan fingerprint density at radius 2 is 1.11 bits per heavy atom. The van der Waals surface area contributed by atoms with Crippen LogP contribution in [0.2, 0.25) is 0 Å². The molecular formula is C40H56N10O5. The van der Waals surface area contributed by atoms with Gasteiger partial charge in [-0.1, -0.05) is 45.7 Å². The molecular weight excluding hydrogens is 701 g/mol. The molecule has 55 heavy (non-hydrogen) atoms. The van der Waals surface area contributed by atoms with Crippen molar-refractivity contribution in [1.29, 1.82) is 0 Å². The molecule has 2 aliphatic rings. The molecule has 2 saturated carbocycles. The summed E-state index contributed by atoms with van der Waals surface area (Å²) in [7, 11) is 3.46. The van der Waals surface area contributed by atoms with Gasteiger partial charge < -0.3 is 37.4 Å². The lowest BCUT2D eigenvalue weighted by Gasteiger charge is -2.40. The molecule has 0 atom stereocenters. The van der Waals surface area contributed by atoms with Gasteiger partial charge in [-0.25, -0.2) is 19.9 Å². The summed E-state index contributed by atoms with van der Waals surface area (Å²) in [6.45, 7) is 10.4. The van der Waals surface area contributed by atoms with Gasteiger partial charge in [0.25, 0.3) is 11.8 Å². The van der Waals surface area contributed by atoms with Gasteiger partial charge in [-0.2, -0.15) is 0 Å². The number of carbonyl (C=O) groups is 4. The molecule has 2 aromatic carbocycles. The molecule has 15 heteroatoms. The van der Waals surface area contributed by atoms with Gasteiger partial charge in [0.05, 0.1) is 21.9 Å². The second kappa shape index (κ2) is 18.3. The number of amides is 3. The number of carboxylic acids is 1. The number of nitrogen functional groups attached to an aromatic ring is 2. The topological polar surface area (TPSA) is 237 Å². The van der Waals surface area contributed by atoms with E-state index in [9.17, 15) is 24.3 Å². The van der Waals surface area contributed by atoms with Crippen molar-refractivity contribution in [2.45, 2.75) is 89.9 Å². The number of anilines is 2. The molecule has 0 radical (unpaired) electrons. The van der Waals surface area contributed by atoms with Gasteiger partial charge in [-0.15, -0.1) is 0 Å². The predicted octanol–water partition coefficient (Wildman–Crippen LogP) is 4.42. The summed E-state index contributed by atoms with van der Waals surface area (Å²) in [6, 6.07) is 10.9. The van der Waals surface area contributed by atoms with E-state index in [2.05, 4.69) is 25.3 Å². The molecule has 2 fully saturated rings. The SMILES string of the molecule is CCCN(C)C(=O)c1nc(N)nc2ccc(C3(C(=O)NCC)CCC3)cc12.CCCN(C)C(=O)c1nc(N)nc2ccc(C3(C(=O)O)CCC3)cc12.CCN. The number of likely N-dealkylation sites (N-methyl/N-ethyl adjacent to an activating group) is 1. The second-order valence-electron chi connectivity index (χ2n) is 14.2. The van der Waals surface area contributed by atoms with Crippen molar-refractivity contribution in [2.24, 2.45) is 5.73 Å². The Hall–Kier alpha value is -5.44. The minimum absolute atomic E-state index is 0.0325. The first-order valence-electron chi connectivity index (χ1n) is 19.1. The van der Waals surface area contributed by atoms with Gasteiger partial charge in [0.15, 0.2) is 0 Å². The van der Waals surface area contributed by atoms with E-state index in [1.54, 1.807) is 42.1 Å². The highest BCUT2D eigenvalue weighted by Crippen LogP contribution is 2.46. The van der Waals surface area contributed by atoms with Crippen molar-refractivity contribution in [3.05, 3.63) is 58.9 Å². The summed E-state index contributed by atoms with van der Waals surface area (Å²) in [5, 5.41) is 13.8. The summed E-state index contributed by atoms with van der Waals surface area (Å²) in [5.74, 6) is -1.10. The fraction of sp³-hybridized carbons (Fsp3) is 0.500. The summed E-state index contributed by atoms with van der Waals surface area (Å²) in [5.41, 5.74) is 18.3. The standard InChI is InChI=1S/C20H27N5O2.C18H22N4O3.C2H7N/c1-4-11-25(3)17(26)16-14-12-13(7-8-15(14)23-19(21)24-16)20(9-6-10-20)18(27)22-5-2;1-3-9-22(2)15(23)14-12-10-11(18(16(24)25)7-4-8-18)5-6-13(12)20-17(19)21-14;1-2-3/h7-8,12H,4-6,9-11H2,1-3H3,(H,22,27)(H2,21,23,24);5-6,10H,3-4,7-9H2,1-2H3,(H,24,25)(H2,19,20,21);2-3H2,1H3. The smallest absolute Gasteiger partial charge is 0.314 e. The Labute approximate surface area is 322 Å². The monoisotopic (exact) mass is 756 g/mol. The Morgan fingerprint density at radius 3 is 1.44 bits per heavy atom. The lowest BCUT2D eigenvalue weighted by Crippen LogP contribution is -2.49. The number of carboxylic acid groups (broad SMARTS) is 1. The molecule has 0 spiro atoms. The Bertz CT molecular complexity index is 2030. The molecule has 4 aromatic rings. The molecule has 0 unspecified atom stereocenters. The van der Waals surface area contributed by atoms with Crippen LogP contribution in [0.15, 0.2) is 36.4 Å². The average molecular weight is 757 g/mol. The molecule has 3 amide bonds. The molecule has 2 aliphatic carbocycles.